The number of allylic oxidation sites excluding steroid dienone is 1. The first-order chi connectivity index (χ1) is 12.6. The van der Waals surface area contributed by atoms with Crippen molar-refractivity contribution in [2.45, 2.75) is 73.1 Å². The van der Waals surface area contributed by atoms with Crippen LogP contribution in [0.5, 0.6) is 0 Å². The van der Waals surface area contributed by atoms with Gasteiger partial charge in [0.05, 0.1) is 24.9 Å². The van der Waals surface area contributed by atoms with Gasteiger partial charge in [-0.2, -0.15) is 0 Å². The molecule has 1 rings (SSSR count). The lowest BCUT2D eigenvalue weighted by atomic mass is 10.0. The van der Waals surface area contributed by atoms with Crippen molar-refractivity contribution < 1.29 is 14.3 Å². The summed E-state index contributed by atoms with van der Waals surface area (Å²) in [5.41, 5.74) is 0.310. The average molecular weight is 379 g/mol. The molecule has 1 atom stereocenters. The first kappa shape index (κ1) is 23.0. The van der Waals surface area contributed by atoms with Crippen LogP contribution >= 0.6 is 0 Å². The van der Waals surface area contributed by atoms with Crippen LogP contribution in [0.2, 0.25) is 0 Å². The number of ketones is 1. The maximum absolute atomic E-state index is 11.8. The maximum atomic E-state index is 11.8. The van der Waals surface area contributed by atoms with Gasteiger partial charge in [0, 0.05) is 18.6 Å². The molecule has 152 valence electrons. The molecule has 1 N–H and O–H groups in total. The number of ether oxygens (including phenoxy) is 1. The van der Waals surface area contributed by atoms with Crippen molar-refractivity contribution in [2.24, 2.45) is 11.8 Å². The maximum Gasteiger partial charge on any atom is 0.244 e. The SMILES string of the molecule is CCC(C)C(=O)/C=C/C(=O)NCc1cn(CC(C)(C)OCCC(C)C)nn1. The van der Waals surface area contributed by atoms with Gasteiger partial charge in [-0.15, -0.1) is 5.10 Å². The molecule has 0 saturated carbocycles. The molecule has 1 heterocycles. The van der Waals surface area contributed by atoms with E-state index in [9.17, 15) is 9.59 Å². The first-order valence-electron chi connectivity index (χ1n) is 9.65. The Labute approximate surface area is 162 Å². The largest absolute Gasteiger partial charge is 0.374 e. The van der Waals surface area contributed by atoms with Crippen LogP contribution < -0.4 is 5.32 Å². The number of amides is 1. The molecule has 0 aliphatic carbocycles. The molecule has 7 nitrogen and oxygen atoms in total. The van der Waals surface area contributed by atoms with Gasteiger partial charge in [0.2, 0.25) is 5.91 Å². The van der Waals surface area contributed by atoms with Gasteiger partial charge in [0.15, 0.2) is 5.78 Å². The third kappa shape index (κ3) is 9.47. The Hall–Kier alpha value is -2.02. The van der Waals surface area contributed by atoms with E-state index in [2.05, 4.69) is 29.5 Å². The van der Waals surface area contributed by atoms with Crippen LogP contribution in [-0.2, 0) is 27.4 Å². The predicted molar refractivity (Wildman–Crippen MR) is 105 cm³/mol. The van der Waals surface area contributed by atoms with E-state index in [0.29, 0.717) is 24.8 Å². The van der Waals surface area contributed by atoms with E-state index in [0.717, 1.165) is 12.8 Å². The quantitative estimate of drug-likeness (QED) is 0.565. The number of carbonyl (C=O) groups excluding carboxylic acids is 2. The Morgan fingerprint density at radius 3 is 2.63 bits per heavy atom. The lowest BCUT2D eigenvalue weighted by Crippen LogP contribution is -2.31. The molecule has 0 spiro atoms. The van der Waals surface area contributed by atoms with Crippen molar-refractivity contribution >= 4 is 11.7 Å². The molecular weight excluding hydrogens is 344 g/mol. The highest BCUT2D eigenvalue weighted by atomic mass is 16.5. The normalized spacial score (nSPS) is 13.3. The fourth-order valence-corrected chi connectivity index (χ4v) is 2.26. The summed E-state index contributed by atoms with van der Waals surface area (Å²) in [7, 11) is 0. The minimum atomic E-state index is -0.345. The lowest BCUT2D eigenvalue weighted by molar-refractivity contribution is -0.119. The smallest absolute Gasteiger partial charge is 0.244 e. The van der Waals surface area contributed by atoms with Gasteiger partial charge >= 0.3 is 0 Å². The van der Waals surface area contributed by atoms with Crippen LogP contribution in [0.25, 0.3) is 0 Å². The Bertz CT molecular complexity index is 635. The van der Waals surface area contributed by atoms with E-state index in [1.54, 1.807) is 10.9 Å². The van der Waals surface area contributed by atoms with Crippen molar-refractivity contribution in [3.8, 4) is 0 Å². The molecule has 0 bridgehead atoms. The summed E-state index contributed by atoms with van der Waals surface area (Å²) >= 11 is 0. The molecule has 0 radical (unpaired) electrons. The van der Waals surface area contributed by atoms with Gasteiger partial charge in [-0.05, 0) is 38.7 Å². The summed E-state index contributed by atoms with van der Waals surface area (Å²) < 4.78 is 7.66. The van der Waals surface area contributed by atoms with E-state index in [1.165, 1.54) is 12.2 Å². The fraction of sp³-hybridized carbons (Fsp3) is 0.700. The third-order valence-electron chi connectivity index (χ3n) is 4.26. The van der Waals surface area contributed by atoms with Crippen LogP contribution in [-0.4, -0.2) is 38.9 Å². The molecule has 0 aliphatic heterocycles. The van der Waals surface area contributed by atoms with Gasteiger partial charge in [-0.1, -0.05) is 32.9 Å². The van der Waals surface area contributed by atoms with Crippen molar-refractivity contribution in [3.63, 3.8) is 0 Å². The second-order valence-corrected chi connectivity index (χ2v) is 7.96. The van der Waals surface area contributed by atoms with Crippen molar-refractivity contribution in [1.82, 2.24) is 20.3 Å². The zero-order valence-corrected chi connectivity index (χ0v) is 17.5. The number of hydrogen-bond acceptors (Lipinski definition) is 5. The Morgan fingerprint density at radius 1 is 1.30 bits per heavy atom. The molecule has 7 heteroatoms. The molecule has 1 aromatic rings. The minimum absolute atomic E-state index is 0.0432. The van der Waals surface area contributed by atoms with Gasteiger partial charge in [0.25, 0.3) is 0 Å². The zero-order chi connectivity index (χ0) is 20.4. The summed E-state index contributed by atoms with van der Waals surface area (Å²) in [6, 6.07) is 0. The van der Waals surface area contributed by atoms with Crippen molar-refractivity contribution in [2.75, 3.05) is 6.61 Å². The Kier molecular flexibility index (Phi) is 9.35. The van der Waals surface area contributed by atoms with Crippen LogP contribution in [0.4, 0.5) is 0 Å². The summed E-state index contributed by atoms with van der Waals surface area (Å²) in [6.45, 7) is 13.7. The van der Waals surface area contributed by atoms with Crippen LogP contribution in [0, 0.1) is 11.8 Å². The molecule has 0 fully saturated rings. The van der Waals surface area contributed by atoms with Gasteiger partial charge in [-0.25, -0.2) is 4.68 Å². The highest BCUT2D eigenvalue weighted by Crippen LogP contribution is 2.14. The number of hydrogen-bond donors (Lipinski definition) is 1. The van der Waals surface area contributed by atoms with Crippen molar-refractivity contribution in [3.05, 3.63) is 24.0 Å². The molecule has 27 heavy (non-hydrogen) atoms. The number of aromatic nitrogens is 3. The van der Waals surface area contributed by atoms with E-state index in [4.69, 9.17) is 4.74 Å². The monoisotopic (exact) mass is 378 g/mol. The molecule has 0 aromatic carbocycles. The molecule has 1 amide bonds. The second kappa shape index (κ2) is 11.0. The van der Waals surface area contributed by atoms with E-state index in [-0.39, 0.29) is 29.8 Å². The molecule has 0 saturated heterocycles. The highest BCUT2D eigenvalue weighted by molar-refractivity contribution is 5.98. The van der Waals surface area contributed by atoms with Crippen LogP contribution in [0.15, 0.2) is 18.3 Å². The summed E-state index contributed by atoms with van der Waals surface area (Å²) in [5, 5.41) is 10.9. The molecule has 1 unspecified atom stereocenters. The number of rotatable bonds is 12. The average Bonchev–Trinajstić information content (AvgIpc) is 3.02. The van der Waals surface area contributed by atoms with E-state index < -0.39 is 0 Å². The van der Waals surface area contributed by atoms with Gasteiger partial charge < -0.3 is 10.1 Å². The summed E-state index contributed by atoms with van der Waals surface area (Å²) in [4.78, 5) is 23.5. The summed E-state index contributed by atoms with van der Waals surface area (Å²) in [5.74, 6) is 0.175. The number of nitrogens with zero attached hydrogens (tertiary/aromatic N) is 3. The standard InChI is InChI=1S/C20H34N4O3/c1-7-16(4)18(25)8-9-19(26)21-12-17-13-24(23-22-17)14-20(5,6)27-11-10-15(2)3/h8-9,13,15-16H,7,10-12,14H2,1-6H3,(H,21,26)/b9-8+. The number of carbonyl (C=O) groups is 2. The van der Waals surface area contributed by atoms with Crippen molar-refractivity contribution in [1.29, 1.82) is 0 Å². The molecule has 1 aromatic heterocycles. The van der Waals surface area contributed by atoms with Crippen LogP contribution in [0.1, 0.15) is 60.1 Å². The highest BCUT2D eigenvalue weighted by Gasteiger charge is 2.20. The third-order valence-corrected chi connectivity index (χ3v) is 4.26. The van der Waals surface area contributed by atoms with E-state index >= 15 is 0 Å². The second-order valence-electron chi connectivity index (χ2n) is 7.96. The Morgan fingerprint density at radius 2 is 2.00 bits per heavy atom. The minimum Gasteiger partial charge on any atom is -0.374 e. The zero-order valence-electron chi connectivity index (χ0n) is 17.5. The van der Waals surface area contributed by atoms with Gasteiger partial charge in [-0.3, -0.25) is 9.59 Å². The Balaban J connectivity index is 2.45. The fourth-order valence-electron chi connectivity index (χ4n) is 2.26. The summed E-state index contributed by atoms with van der Waals surface area (Å²) in [6.07, 6.45) is 6.17. The predicted octanol–water partition coefficient (Wildman–Crippen LogP) is 2.91. The van der Waals surface area contributed by atoms with Crippen LogP contribution in [0.3, 0.4) is 0 Å². The number of nitrogens with one attached hydrogen (secondary N) is 1. The molecule has 0 aliphatic rings. The van der Waals surface area contributed by atoms with E-state index in [1.807, 2.05) is 27.7 Å². The van der Waals surface area contributed by atoms with Gasteiger partial charge in [0.1, 0.15) is 5.69 Å². The first-order valence-corrected chi connectivity index (χ1v) is 9.65. The topological polar surface area (TPSA) is 86.1 Å². The molecular formula is C20H34N4O3. The lowest BCUT2D eigenvalue weighted by Gasteiger charge is -2.25.